The van der Waals surface area contributed by atoms with Gasteiger partial charge < -0.3 is 5.32 Å². The van der Waals surface area contributed by atoms with Crippen molar-refractivity contribution >= 4 is 0 Å². The van der Waals surface area contributed by atoms with E-state index in [4.69, 9.17) is 0 Å². The molecule has 0 spiro atoms. The smallest absolute Gasteiger partial charge is 0.314 e. The predicted molar refractivity (Wildman–Crippen MR) is 66.3 cm³/mol. The van der Waals surface area contributed by atoms with Gasteiger partial charge in [0.25, 0.3) is 0 Å². The van der Waals surface area contributed by atoms with E-state index in [-0.39, 0.29) is 12.5 Å². The van der Waals surface area contributed by atoms with E-state index >= 15 is 0 Å². The molecule has 1 N–H and O–H groups in total. The summed E-state index contributed by atoms with van der Waals surface area (Å²) >= 11 is 0. The van der Waals surface area contributed by atoms with Crippen molar-refractivity contribution in [2.75, 3.05) is 6.54 Å². The number of rotatable bonds is 6. The van der Waals surface area contributed by atoms with Crippen LogP contribution >= 0.6 is 0 Å². The van der Waals surface area contributed by atoms with Crippen molar-refractivity contribution in [3.05, 3.63) is 0 Å². The first-order valence-electron chi connectivity index (χ1n) is 7.33. The highest BCUT2D eigenvalue weighted by Crippen LogP contribution is 2.57. The number of hydrogen-bond acceptors (Lipinski definition) is 1. The van der Waals surface area contributed by atoms with Crippen LogP contribution in [0.5, 0.6) is 0 Å². The summed E-state index contributed by atoms with van der Waals surface area (Å²) < 4.78 is 37.1. The fourth-order valence-electron chi connectivity index (χ4n) is 3.72. The minimum absolute atomic E-state index is 0.0969. The molecule has 4 heteroatoms. The molecule has 0 aromatic heterocycles. The summed E-state index contributed by atoms with van der Waals surface area (Å²) in [4.78, 5) is 0. The highest BCUT2D eigenvalue weighted by atomic mass is 19.4. The maximum atomic E-state index is 12.4. The number of hydrogen-bond donors (Lipinski definition) is 1. The number of halogens is 3. The third-order valence-electron chi connectivity index (χ3n) is 4.58. The lowest BCUT2D eigenvalue weighted by Gasteiger charge is -2.20. The van der Waals surface area contributed by atoms with E-state index in [1.807, 2.05) is 0 Å². The lowest BCUT2D eigenvalue weighted by Crippen LogP contribution is -2.34. The first kappa shape index (κ1) is 14.2. The number of alkyl halides is 3. The number of fused-ring (bicyclic) bond motifs is 1. The zero-order chi connectivity index (χ0) is 13.2. The van der Waals surface area contributed by atoms with Gasteiger partial charge in [0.2, 0.25) is 0 Å². The molecule has 1 nitrogen and oxygen atoms in total. The molecule has 0 heterocycles. The minimum atomic E-state index is -4.01. The largest absolute Gasteiger partial charge is 0.389 e. The average molecular weight is 263 g/mol. The lowest BCUT2D eigenvalue weighted by molar-refractivity contribution is -0.137. The second kappa shape index (κ2) is 5.81. The molecule has 106 valence electrons. The van der Waals surface area contributed by atoms with Crippen LogP contribution in [0.4, 0.5) is 13.2 Å². The molecule has 0 amide bonds. The Hall–Kier alpha value is -0.250. The molecule has 2 aliphatic rings. The molecule has 2 rings (SSSR count). The maximum Gasteiger partial charge on any atom is 0.389 e. The van der Waals surface area contributed by atoms with E-state index in [1.165, 1.54) is 25.7 Å². The molecule has 0 aromatic rings. The van der Waals surface area contributed by atoms with Gasteiger partial charge >= 0.3 is 6.18 Å². The van der Waals surface area contributed by atoms with E-state index in [0.29, 0.717) is 5.92 Å². The third-order valence-corrected chi connectivity index (χ3v) is 4.58. The second-order valence-corrected chi connectivity index (χ2v) is 5.90. The summed E-state index contributed by atoms with van der Waals surface area (Å²) in [6.07, 6.45) is 1.65. The van der Waals surface area contributed by atoms with Crippen molar-refractivity contribution in [2.24, 2.45) is 17.8 Å². The molecule has 3 atom stereocenters. The third kappa shape index (κ3) is 3.62. The second-order valence-electron chi connectivity index (χ2n) is 5.90. The quantitative estimate of drug-likeness (QED) is 0.759. The van der Waals surface area contributed by atoms with Crippen molar-refractivity contribution in [1.29, 1.82) is 0 Å². The molecule has 0 saturated heterocycles. The molecule has 0 aliphatic heterocycles. The van der Waals surface area contributed by atoms with Gasteiger partial charge in [-0.05, 0) is 50.0 Å². The molecule has 3 unspecified atom stereocenters. The molecule has 2 aliphatic carbocycles. The van der Waals surface area contributed by atoms with Crippen LogP contribution in [0.25, 0.3) is 0 Å². The Labute approximate surface area is 108 Å². The van der Waals surface area contributed by atoms with Gasteiger partial charge in [-0.1, -0.05) is 19.8 Å². The topological polar surface area (TPSA) is 12.0 Å². The fraction of sp³-hybridized carbons (Fsp3) is 1.00. The summed E-state index contributed by atoms with van der Waals surface area (Å²) in [5.41, 5.74) is 0. The van der Waals surface area contributed by atoms with Gasteiger partial charge in [0.15, 0.2) is 0 Å². The van der Waals surface area contributed by atoms with Gasteiger partial charge in [0.1, 0.15) is 0 Å². The van der Waals surface area contributed by atoms with Crippen molar-refractivity contribution in [2.45, 2.75) is 64.1 Å². The van der Waals surface area contributed by atoms with Gasteiger partial charge in [0.05, 0.1) is 0 Å². The minimum Gasteiger partial charge on any atom is -0.314 e. The van der Waals surface area contributed by atoms with Crippen LogP contribution in [0.2, 0.25) is 0 Å². The van der Waals surface area contributed by atoms with Gasteiger partial charge in [-0.25, -0.2) is 0 Å². The molecule has 2 fully saturated rings. The Bertz CT molecular complexity index is 252. The van der Waals surface area contributed by atoms with E-state index in [0.717, 1.165) is 24.8 Å². The fourth-order valence-corrected chi connectivity index (χ4v) is 3.72. The molecular formula is C14H24F3N. The Morgan fingerprint density at radius 3 is 2.28 bits per heavy atom. The highest BCUT2D eigenvalue weighted by Gasteiger charge is 2.54. The van der Waals surface area contributed by atoms with E-state index in [9.17, 15) is 13.2 Å². The van der Waals surface area contributed by atoms with Crippen LogP contribution in [-0.4, -0.2) is 18.8 Å². The summed E-state index contributed by atoms with van der Waals surface area (Å²) in [6.45, 7) is 2.91. The Morgan fingerprint density at radius 2 is 1.78 bits per heavy atom. The Kier molecular flexibility index (Phi) is 4.57. The van der Waals surface area contributed by atoms with E-state index in [1.54, 1.807) is 0 Å². The highest BCUT2D eigenvalue weighted by molar-refractivity contribution is 5.04. The summed E-state index contributed by atoms with van der Waals surface area (Å²) in [6, 6.07) is 0.0969. The lowest BCUT2D eigenvalue weighted by atomic mass is 10.0. The summed E-state index contributed by atoms with van der Waals surface area (Å²) in [7, 11) is 0. The first-order chi connectivity index (χ1) is 8.53. The van der Waals surface area contributed by atoms with Crippen LogP contribution < -0.4 is 5.32 Å². The zero-order valence-electron chi connectivity index (χ0n) is 11.1. The van der Waals surface area contributed by atoms with Gasteiger partial charge in [0, 0.05) is 12.5 Å². The predicted octanol–water partition coefficient (Wildman–Crippen LogP) is 4.13. The standard InChI is InChI=1S/C14H24F3N/c1-2-9-18-12(7-8-14(15,16)17)13-10-5-3-4-6-11(10)13/h10-13,18H,2-9H2,1H3. The van der Waals surface area contributed by atoms with E-state index in [2.05, 4.69) is 12.2 Å². The molecule has 0 bridgehead atoms. The molecule has 0 aromatic carbocycles. The average Bonchev–Trinajstić information content (AvgIpc) is 3.02. The van der Waals surface area contributed by atoms with Gasteiger partial charge in [-0.2, -0.15) is 13.2 Å². The Balaban J connectivity index is 1.85. The van der Waals surface area contributed by atoms with Crippen molar-refractivity contribution in [3.63, 3.8) is 0 Å². The van der Waals surface area contributed by atoms with Crippen LogP contribution in [0.3, 0.4) is 0 Å². The summed E-state index contributed by atoms with van der Waals surface area (Å²) in [5.74, 6) is 1.98. The normalized spacial score (nSPS) is 33.0. The van der Waals surface area contributed by atoms with Crippen molar-refractivity contribution < 1.29 is 13.2 Å². The monoisotopic (exact) mass is 263 g/mol. The molecule has 2 saturated carbocycles. The van der Waals surface area contributed by atoms with Gasteiger partial charge in [-0.15, -0.1) is 0 Å². The van der Waals surface area contributed by atoms with Crippen LogP contribution in [0.15, 0.2) is 0 Å². The SMILES string of the molecule is CCCNC(CCC(F)(F)F)C1C2CCCCC21. The first-order valence-corrected chi connectivity index (χ1v) is 7.33. The van der Waals surface area contributed by atoms with Gasteiger partial charge in [-0.3, -0.25) is 0 Å². The molecular weight excluding hydrogens is 239 g/mol. The maximum absolute atomic E-state index is 12.4. The van der Waals surface area contributed by atoms with Crippen LogP contribution in [-0.2, 0) is 0 Å². The van der Waals surface area contributed by atoms with Crippen LogP contribution in [0.1, 0.15) is 51.9 Å². The van der Waals surface area contributed by atoms with Crippen molar-refractivity contribution in [3.8, 4) is 0 Å². The number of nitrogens with one attached hydrogen (secondary N) is 1. The summed E-state index contributed by atoms with van der Waals surface area (Å²) in [5, 5.41) is 3.36. The van der Waals surface area contributed by atoms with Crippen LogP contribution in [0, 0.1) is 17.8 Å². The van der Waals surface area contributed by atoms with Crippen molar-refractivity contribution in [1.82, 2.24) is 5.32 Å². The molecule has 18 heavy (non-hydrogen) atoms. The Morgan fingerprint density at radius 1 is 1.17 bits per heavy atom. The zero-order valence-corrected chi connectivity index (χ0v) is 11.1. The molecule has 0 radical (unpaired) electrons. The van der Waals surface area contributed by atoms with E-state index < -0.39 is 12.6 Å².